The van der Waals surface area contributed by atoms with E-state index in [4.69, 9.17) is 0 Å². The van der Waals surface area contributed by atoms with Gasteiger partial charge in [0.15, 0.2) is 0 Å². The van der Waals surface area contributed by atoms with Gasteiger partial charge in [-0.2, -0.15) is 10.2 Å². The molecule has 0 atom stereocenters. The van der Waals surface area contributed by atoms with Gasteiger partial charge in [0.2, 0.25) is 0 Å². The minimum absolute atomic E-state index is 0.253. The molecular weight excluding hydrogens is 432 g/mol. The van der Waals surface area contributed by atoms with Gasteiger partial charge in [0, 0.05) is 27.5 Å². The van der Waals surface area contributed by atoms with Gasteiger partial charge in [-0.05, 0) is 61.7 Å². The van der Waals surface area contributed by atoms with Gasteiger partial charge in [0.05, 0.1) is 22.7 Å². The fourth-order valence-corrected chi connectivity index (χ4v) is 4.54. The highest BCUT2D eigenvalue weighted by atomic mass is 15.2. The third-order valence-electron chi connectivity index (χ3n) is 6.04. The molecule has 0 radical (unpaired) electrons. The van der Waals surface area contributed by atoms with Crippen LogP contribution >= 0.6 is 0 Å². The maximum absolute atomic E-state index is 4.63. The Morgan fingerprint density at radius 1 is 0.543 bits per heavy atom. The Morgan fingerprint density at radius 3 is 1.89 bits per heavy atom. The molecule has 2 N–H and O–H groups in total. The molecule has 0 saturated heterocycles. The molecule has 0 aromatic heterocycles. The van der Waals surface area contributed by atoms with Crippen LogP contribution in [0.25, 0.3) is 21.5 Å². The lowest BCUT2D eigenvalue weighted by Gasteiger charge is -2.35. The van der Waals surface area contributed by atoms with E-state index in [0.29, 0.717) is 0 Å². The number of nitrogens with one attached hydrogen (secondary N) is 2. The molecule has 6 heteroatoms. The van der Waals surface area contributed by atoms with E-state index in [0.717, 1.165) is 50.3 Å². The maximum Gasteiger partial charge on any atom is 0.102 e. The summed E-state index contributed by atoms with van der Waals surface area (Å²) < 4.78 is 0. The standard InChI is InChI=1S/C29H24N6/c1-29(2)30-26-14-8-9-19-17-21(18-27(31-29)28(19)26)33-35-25-16-15-24(22-12-6-7-13-23(22)25)34-32-20-10-4-3-5-11-20/h3-18,30-31H,1-2H3. The molecule has 1 aliphatic rings. The molecule has 0 spiro atoms. The van der Waals surface area contributed by atoms with Crippen molar-refractivity contribution in [2.24, 2.45) is 20.5 Å². The highest BCUT2D eigenvalue weighted by molar-refractivity contribution is 6.06. The molecule has 0 bridgehead atoms. The van der Waals surface area contributed by atoms with Crippen molar-refractivity contribution in [2.45, 2.75) is 19.5 Å². The van der Waals surface area contributed by atoms with E-state index in [2.05, 4.69) is 75.3 Å². The van der Waals surface area contributed by atoms with Gasteiger partial charge in [-0.25, -0.2) is 0 Å². The molecule has 5 aromatic carbocycles. The highest BCUT2D eigenvalue weighted by Crippen LogP contribution is 2.41. The Hall–Kier alpha value is -4.58. The summed E-state index contributed by atoms with van der Waals surface area (Å²) in [7, 11) is 0. The Balaban J connectivity index is 1.38. The van der Waals surface area contributed by atoms with E-state index in [1.165, 1.54) is 5.39 Å². The largest absolute Gasteiger partial charge is 0.363 e. The molecular formula is C29H24N6. The number of azo groups is 2. The van der Waals surface area contributed by atoms with Gasteiger partial charge in [-0.3, -0.25) is 0 Å². The molecule has 1 heterocycles. The average Bonchev–Trinajstić information content (AvgIpc) is 2.86. The van der Waals surface area contributed by atoms with Crippen molar-refractivity contribution in [1.82, 2.24) is 0 Å². The molecule has 170 valence electrons. The molecule has 6 nitrogen and oxygen atoms in total. The van der Waals surface area contributed by atoms with Gasteiger partial charge in [0.1, 0.15) is 5.66 Å². The highest BCUT2D eigenvalue weighted by Gasteiger charge is 2.25. The third-order valence-corrected chi connectivity index (χ3v) is 6.04. The summed E-state index contributed by atoms with van der Waals surface area (Å²) >= 11 is 0. The molecule has 0 saturated carbocycles. The van der Waals surface area contributed by atoms with Gasteiger partial charge in [-0.1, -0.05) is 54.6 Å². The molecule has 0 unspecified atom stereocenters. The maximum atomic E-state index is 4.63. The van der Waals surface area contributed by atoms with Crippen LogP contribution in [0.5, 0.6) is 0 Å². The first-order valence-electron chi connectivity index (χ1n) is 11.6. The summed E-state index contributed by atoms with van der Waals surface area (Å²) in [6, 6.07) is 32.1. The van der Waals surface area contributed by atoms with Crippen molar-refractivity contribution in [2.75, 3.05) is 10.6 Å². The van der Waals surface area contributed by atoms with Crippen LogP contribution in [0.2, 0.25) is 0 Å². The van der Waals surface area contributed by atoms with E-state index in [9.17, 15) is 0 Å². The Morgan fingerprint density at radius 2 is 1.17 bits per heavy atom. The minimum Gasteiger partial charge on any atom is -0.363 e. The smallest absolute Gasteiger partial charge is 0.102 e. The third kappa shape index (κ3) is 4.10. The van der Waals surface area contributed by atoms with Crippen LogP contribution in [-0.2, 0) is 0 Å². The molecule has 1 aliphatic heterocycles. The predicted octanol–water partition coefficient (Wildman–Crippen LogP) is 9.40. The quantitative estimate of drug-likeness (QED) is 0.264. The summed E-state index contributed by atoms with van der Waals surface area (Å²) in [5, 5.41) is 29.5. The van der Waals surface area contributed by atoms with Crippen molar-refractivity contribution in [1.29, 1.82) is 0 Å². The van der Waals surface area contributed by atoms with E-state index >= 15 is 0 Å². The number of rotatable bonds is 4. The van der Waals surface area contributed by atoms with Gasteiger partial charge in [-0.15, -0.1) is 10.2 Å². The zero-order valence-electron chi connectivity index (χ0n) is 19.5. The van der Waals surface area contributed by atoms with Gasteiger partial charge < -0.3 is 10.6 Å². The second kappa shape index (κ2) is 8.33. The summed E-state index contributed by atoms with van der Waals surface area (Å²) in [6.07, 6.45) is 0. The summed E-state index contributed by atoms with van der Waals surface area (Å²) in [6.45, 7) is 4.23. The lowest BCUT2D eigenvalue weighted by molar-refractivity contribution is 0.649. The van der Waals surface area contributed by atoms with Gasteiger partial charge in [0.25, 0.3) is 0 Å². The number of anilines is 2. The van der Waals surface area contributed by atoms with E-state index in [-0.39, 0.29) is 5.66 Å². The monoisotopic (exact) mass is 456 g/mol. The van der Waals surface area contributed by atoms with Crippen molar-refractivity contribution >= 4 is 55.7 Å². The SMILES string of the molecule is CC1(C)Nc2cccc3cc(N=Nc4ccc(N=Nc5ccccc5)c5ccccc45)cc(c23)N1. The number of benzene rings is 5. The topological polar surface area (TPSA) is 73.5 Å². The van der Waals surface area contributed by atoms with Crippen molar-refractivity contribution in [3.8, 4) is 0 Å². The van der Waals surface area contributed by atoms with E-state index < -0.39 is 0 Å². The van der Waals surface area contributed by atoms with E-state index in [1.807, 2.05) is 66.7 Å². The first-order chi connectivity index (χ1) is 17.1. The van der Waals surface area contributed by atoms with Crippen molar-refractivity contribution < 1.29 is 0 Å². The zero-order valence-corrected chi connectivity index (χ0v) is 19.5. The van der Waals surface area contributed by atoms with Crippen LogP contribution < -0.4 is 10.6 Å². The van der Waals surface area contributed by atoms with Crippen LogP contribution in [0.3, 0.4) is 0 Å². The van der Waals surface area contributed by atoms with Crippen LogP contribution in [0.4, 0.5) is 34.1 Å². The number of hydrogen-bond acceptors (Lipinski definition) is 6. The molecule has 0 fully saturated rings. The number of nitrogens with zero attached hydrogens (tertiary/aromatic N) is 4. The van der Waals surface area contributed by atoms with Crippen molar-refractivity contribution in [3.63, 3.8) is 0 Å². The average molecular weight is 457 g/mol. The van der Waals surface area contributed by atoms with Crippen LogP contribution in [0, 0.1) is 0 Å². The van der Waals surface area contributed by atoms with E-state index in [1.54, 1.807) is 0 Å². The Kier molecular flexibility index (Phi) is 4.99. The predicted molar refractivity (Wildman–Crippen MR) is 144 cm³/mol. The zero-order chi connectivity index (χ0) is 23.8. The molecule has 35 heavy (non-hydrogen) atoms. The number of hydrogen-bond donors (Lipinski definition) is 2. The summed E-state index contributed by atoms with van der Waals surface area (Å²) in [5.74, 6) is 0. The Labute approximate surface area is 203 Å². The normalized spacial score (nSPS) is 14.5. The Bertz CT molecular complexity index is 1620. The first-order valence-corrected chi connectivity index (χ1v) is 11.6. The summed E-state index contributed by atoms with van der Waals surface area (Å²) in [4.78, 5) is 0. The second-order valence-corrected chi connectivity index (χ2v) is 9.16. The minimum atomic E-state index is -0.253. The molecule has 5 aromatic rings. The van der Waals surface area contributed by atoms with Crippen LogP contribution in [0.1, 0.15) is 13.8 Å². The fourth-order valence-electron chi connectivity index (χ4n) is 4.54. The molecule has 0 amide bonds. The lowest BCUT2D eigenvalue weighted by Crippen LogP contribution is -2.41. The van der Waals surface area contributed by atoms with Crippen molar-refractivity contribution in [3.05, 3.63) is 97.1 Å². The molecule has 6 rings (SSSR count). The second-order valence-electron chi connectivity index (χ2n) is 9.16. The van der Waals surface area contributed by atoms with Crippen LogP contribution in [0.15, 0.2) is 118 Å². The lowest BCUT2D eigenvalue weighted by atomic mass is 10.0. The first kappa shape index (κ1) is 21.0. The fraction of sp³-hybridized carbons (Fsp3) is 0.103. The molecule has 0 aliphatic carbocycles. The van der Waals surface area contributed by atoms with Crippen LogP contribution in [-0.4, -0.2) is 5.66 Å². The van der Waals surface area contributed by atoms with Gasteiger partial charge >= 0.3 is 0 Å². The number of fused-ring (bicyclic) bond motifs is 1. The summed E-state index contributed by atoms with van der Waals surface area (Å²) in [5.41, 5.74) is 5.12.